The van der Waals surface area contributed by atoms with Crippen LogP contribution in [0.5, 0.6) is 0 Å². The molecule has 3 heteroatoms. The highest BCUT2D eigenvalue weighted by Gasteiger charge is 2.25. The molecule has 1 aliphatic rings. The average molecular weight is 346 g/mol. The van der Waals surface area contributed by atoms with Crippen LogP contribution in [0.4, 0.5) is 5.69 Å². The molecule has 2 N–H and O–H groups in total. The first-order valence-corrected chi connectivity index (χ1v) is 9.65. The van der Waals surface area contributed by atoms with Crippen molar-refractivity contribution in [2.45, 2.75) is 45.4 Å². The van der Waals surface area contributed by atoms with Crippen molar-refractivity contribution in [3.8, 4) is 0 Å². The second-order valence-electron chi connectivity index (χ2n) is 7.54. The van der Waals surface area contributed by atoms with Crippen molar-refractivity contribution in [1.29, 1.82) is 0 Å². The first kappa shape index (κ1) is 16.9. The summed E-state index contributed by atoms with van der Waals surface area (Å²) in [4.78, 5) is 15.5. The number of benzene rings is 2. The van der Waals surface area contributed by atoms with Gasteiger partial charge in [-0.1, -0.05) is 42.3 Å². The molecule has 1 amide bonds. The molecule has 3 aromatic rings. The highest BCUT2D eigenvalue weighted by atomic mass is 16.1. The summed E-state index contributed by atoms with van der Waals surface area (Å²) in [6.45, 7) is 2.12. The maximum Gasteiger partial charge on any atom is 0.227 e. The summed E-state index contributed by atoms with van der Waals surface area (Å²) in [5.74, 6) is 0.375. The van der Waals surface area contributed by atoms with E-state index in [1.165, 1.54) is 23.1 Å². The lowest BCUT2D eigenvalue weighted by Crippen LogP contribution is -2.27. The zero-order valence-electron chi connectivity index (χ0n) is 15.3. The highest BCUT2D eigenvalue weighted by Crippen LogP contribution is 2.30. The summed E-state index contributed by atoms with van der Waals surface area (Å²) < 4.78 is 0. The lowest BCUT2D eigenvalue weighted by Gasteiger charge is -2.23. The van der Waals surface area contributed by atoms with Crippen LogP contribution >= 0.6 is 0 Å². The van der Waals surface area contributed by atoms with Crippen molar-refractivity contribution < 1.29 is 4.79 Å². The molecule has 1 aromatic heterocycles. The largest absolute Gasteiger partial charge is 0.359 e. The molecular formula is C23H26N2O. The third-order valence-corrected chi connectivity index (χ3v) is 5.53. The van der Waals surface area contributed by atoms with Gasteiger partial charge in [-0.3, -0.25) is 4.79 Å². The topological polar surface area (TPSA) is 44.9 Å². The number of carbonyl (C=O) groups excluding carboxylic acids is 1. The number of aromatic amines is 1. The van der Waals surface area contributed by atoms with Crippen LogP contribution in [0.1, 0.15) is 42.4 Å². The van der Waals surface area contributed by atoms with Gasteiger partial charge in [0.25, 0.3) is 0 Å². The predicted octanol–water partition coefficient (Wildman–Crippen LogP) is 5.39. The average Bonchev–Trinajstić information content (AvgIpc) is 2.97. The maximum atomic E-state index is 12.2. The number of carbonyl (C=O) groups is 1. The molecule has 1 fully saturated rings. The fourth-order valence-electron chi connectivity index (χ4n) is 3.58. The van der Waals surface area contributed by atoms with Crippen LogP contribution in [0, 0.1) is 12.8 Å². The molecule has 3 nitrogen and oxygen atoms in total. The highest BCUT2D eigenvalue weighted by molar-refractivity contribution is 6.02. The molecule has 0 radical (unpaired) electrons. The van der Waals surface area contributed by atoms with Gasteiger partial charge in [-0.15, -0.1) is 0 Å². The van der Waals surface area contributed by atoms with Gasteiger partial charge in [0.15, 0.2) is 0 Å². The Hall–Kier alpha value is -2.55. The number of amides is 1. The van der Waals surface area contributed by atoms with Gasteiger partial charge in [-0.2, -0.15) is 0 Å². The molecular weight excluding hydrogens is 320 g/mol. The van der Waals surface area contributed by atoms with Gasteiger partial charge >= 0.3 is 0 Å². The SMILES string of the molecule is Cc1ccc(CCCc2ccc3[nH]cc(NC(=O)C4CCC4)c3c2)cc1. The van der Waals surface area contributed by atoms with Gasteiger partial charge in [-0.05, 0) is 62.3 Å². The first-order valence-electron chi connectivity index (χ1n) is 9.65. The standard InChI is InChI=1S/C23H26N2O/c1-16-8-10-17(11-9-16)4-2-5-18-12-13-21-20(14-18)22(15-24-21)25-23(26)19-6-3-7-19/h8-15,19,24H,2-7H2,1H3,(H,25,26). The third-order valence-electron chi connectivity index (χ3n) is 5.53. The van der Waals surface area contributed by atoms with E-state index in [1.54, 1.807) is 0 Å². The minimum Gasteiger partial charge on any atom is -0.359 e. The van der Waals surface area contributed by atoms with Crippen molar-refractivity contribution in [2.24, 2.45) is 5.92 Å². The summed E-state index contributed by atoms with van der Waals surface area (Å²) in [6.07, 6.45) is 8.41. The van der Waals surface area contributed by atoms with Gasteiger partial charge in [0.1, 0.15) is 0 Å². The Bertz CT molecular complexity index is 904. The predicted molar refractivity (Wildman–Crippen MR) is 107 cm³/mol. The molecule has 0 spiro atoms. The summed E-state index contributed by atoms with van der Waals surface area (Å²) in [5.41, 5.74) is 6.02. The van der Waals surface area contributed by atoms with Crippen LogP contribution in [0.2, 0.25) is 0 Å². The molecule has 0 unspecified atom stereocenters. The van der Waals surface area contributed by atoms with Crippen LogP contribution in [0.25, 0.3) is 10.9 Å². The second kappa shape index (κ2) is 7.36. The molecule has 0 atom stereocenters. The van der Waals surface area contributed by atoms with Crippen LogP contribution in [0.3, 0.4) is 0 Å². The van der Waals surface area contributed by atoms with E-state index in [0.29, 0.717) is 0 Å². The normalized spacial score (nSPS) is 14.3. The number of H-pyrrole nitrogens is 1. The molecule has 134 valence electrons. The Morgan fingerprint density at radius 3 is 2.54 bits per heavy atom. The minimum absolute atomic E-state index is 0.168. The Kier molecular flexibility index (Phi) is 4.79. The smallest absolute Gasteiger partial charge is 0.227 e. The lowest BCUT2D eigenvalue weighted by atomic mass is 9.85. The summed E-state index contributed by atoms with van der Waals surface area (Å²) >= 11 is 0. The Labute approximate surface area is 154 Å². The monoisotopic (exact) mass is 346 g/mol. The van der Waals surface area contributed by atoms with E-state index in [0.717, 1.165) is 48.7 Å². The van der Waals surface area contributed by atoms with Gasteiger partial charge in [-0.25, -0.2) is 0 Å². The molecule has 0 bridgehead atoms. The maximum absolute atomic E-state index is 12.2. The van der Waals surface area contributed by atoms with E-state index in [4.69, 9.17) is 0 Å². The lowest BCUT2D eigenvalue weighted by molar-refractivity contribution is -0.122. The number of aromatic nitrogens is 1. The quantitative estimate of drug-likeness (QED) is 0.617. The number of hydrogen-bond donors (Lipinski definition) is 2. The zero-order chi connectivity index (χ0) is 17.9. The van der Waals surface area contributed by atoms with Crippen molar-refractivity contribution >= 4 is 22.5 Å². The molecule has 2 aromatic carbocycles. The van der Waals surface area contributed by atoms with E-state index in [-0.39, 0.29) is 11.8 Å². The molecule has 4 rings (SSSR count). The fourth-order valence-corrected chi connectivity index (χ4v) is 3.58. The van der Waals surface area contributed by atoms with Crippen LogP contribution < -0.4 is 5.32 Å². The first-order chi connectivity index (χ1) is 12.7. The fraction of sp³-hybridized carbons (Fsp3) is 0.348. The number of aryl methyl sites for hydroxylation is 3. The number of rotatable bonds is 6. The Morgan fingerprint density at radius 1 is 1.08 bits per heavy atom. The van der Waals surface area contributed by atoms with E-state index < -0.39 is 0 Å². The molecule has 0 aliphatic heterocycles. The van der Waals surface area contributed by atoms with Gasteiger partial charge in [0.2, 0.25) is 5.91 Å². The minimum atomic E-state index is 0.168. The Morgan fingerprint density at radius 2 is 1.81 bits per heavy atom. The van der Waals surface area contributed by atoms with Crippen LogP contribution in [0.15, 0.2) is 48.7 Å². The molecule has 0 saturated heterocycles. The number of fused-ring (bicyclic) bond motifs is 1. The van der Waals surface area contributed by atoms with Gasteiger partial charge in [0, 0.05) is 23.0 Å². The van der Waals surface area contributed by atoms with E-state index in [9.17, 15) is 4.79 Å². The number of nitrogens with one attached hydrogen (secondary N) is 2. The van der Waals surface area contributed by atoms with Crippen LogP contribution in [-0.4, -0.2) is 10.9 Å². The van der Waals surface area contributed by atoms with Crippen molar-refractivity contribution in [3.05, 3.63) is 65.4 Å². The molecule has 1 heterocycles. The molecule has 26 heavy (non-hydrogen) atoms. The number of hydrogen-bond acceptors (Lipinski definition) is 1. The van der Waals surface area contributed by atoms with Crippen molar-refractivity contribution in [2.75, 3.05) is 5.32 Å². The van der Waals surface area contributed by atoms with E-state index >= 15 is 0 Å². The van der Waals surface area contributed by atoms with Crippen molar-refractivity contribution in [3.63, 3.8) is 0 Å². The molecule has 1 saturated carbocycles. The van der Waals surface area contributed by atoms with Gasteiger partial charge in [0.05, 0.1) is 5.69 Å². The zero-order valence-corrected chi connectivity index (χ0v) is 15.3. The third kappa shape index (κ3) is 3.67. The second-order valence-corrected chi connectivity index (χ2v) is 7.54. The summed E-state index contributed by atoms with van der Waals surface area (Å²) in [7, 11) is 0. The van der Waals surface area contributed by atoms with E-state index in [1.807, 2.05) is 6.20 Å². The Balaban J connectivity index is 1.41. The van der Waals surface area contributed by atoms with Gasteiger partial charge < -0.3 is 10.3 Å². The van der Waals surface area contributed by atoms with E-state index in [2.05, 4.69) is 59.7 Å². The van der Waals surface area contributed by atoms with Crippen molar-refractivity contribution in [1.82, 2.24) is 4.98 Å². The number of anilines is 1. The van der Waals surface area contributed by atoms with Crippen LogP contribution in [-0.2, 0) is 17.6 Å². The summed E-state index contributed by atoms with van der Waals surface area (Å²) in [5, 5.41) is 4.23. The molecule has 1 aliphatic carbocycles. The summed E-state index contributed by atoms with van der Waals surface area (Å²) in [6, 6.07) is 15.3.